The highest BCUT2D eigenvalue weighted by Gasteiger charge is 2.37. The zero-order valence-corrected chi connectivity index (χ0v) is 17.6. The molecule has 0 bridgehead atoms. The predicted molar refractivity (Wildman–Crippen MR) is 115 cm³/mol. The fourth-order valence-electron chi connectivity index (χ4n) is 3.97. The molecule has 33 heavy (non-hydrogen) atoms. The number of amides is 1. The normalized spacial score (nSPS) is 13.0. The number of alkyl halides is 2. The third-order valence-corrected chi connectivity index (χ3v) is 5.34. The number of fused-ring (bicyclic) bond motifs is 2. The maximum atomic E-state index is 14.5. The topological polar surface area (TPSA) is 76.1 Å². The summed E-state index contributed by atoms with van der Waals surface area (Å²) in [6, 6.07) is 10.4. The van der Waals surface area contributed by atoms with Crippen LogP contribution in [0.3, 0.4) is 0 Å². The summed E-state index contributed by atoms with van der Waals surface area (Å²) in [6.07, 6.45) is 0.152. The average molecular weight is 459 g/mol. The smallest absolute Gasteiger partial charge is 0.387 e. The Morgan fingerprint density at radius 1 is 1.15 bits per heavy atom. The lowest BCUT2D eigenvalue weighted by Gasteiger charge is -2.17. The van der Waals surface area contributed by atoms with E-state index in [2.05, 4.69) is 0 Å². The van der Waals surface area contributed by atoms with Crippen LogP contribution in [-0.4, -0.2) is 30.2 Å². The van der Waals surface area contributed by atoms with E-state index >= 15 is 0 Å². The Kier molecular flexibility index (Phi) is 6.13. The molecule has 1 aliphatic heterocycles. The van der Waals surface area contributed by atoms with E-state index < -0.39 is 30.7 Å². The fourth-order valence-corrected chi connectivity index (χ4v) is 3.97. The number of carboxylic acid groups (broad SMARTS) is 1. The highest BCUT2D eigenvalue weighted by molar-refractivity contribution is 6.16. The highest BCUT2D eigenvalue weighted by atomic mass is 19.3. The van der Waals surface area contributed by atoms with Gasteiger partial charge in [-0.1, -0.05) is 37.3 Å². The van der Waals surface area contributed by atoms with Crippen molar-refractivity contribution in [2.45, 2.75) is 32.9 Å². The minimum atomic E-state index is -3.11. The van der Waals surface area contributed by atoms with Gasteiger partial charge in [-0.25, -0.2) is 4.39 Å². The van der Waals surface area contributed by atoms with Gasteiger partial charge in [0.05, 0.1) is 25.1 Å². The largest absolute Gasteiger partial charge is 0.492 e. The third-order valence-electron chi connectivity index (χ3n) is 5.34. The number of benzene rings is 3. The van der Waals surface area contributed by atoms with E-state index in [1.54, 1.807) is 24.3 Å². The van der Waals surface area contributed by atoms with E-state index in [0.717, 1.165) is 6.07 Å². The molecule has 0 aromatic heterocycles. The van der Waals surface area contributed by atoms with Crippen molar-refractivity contribution in [3.63, 3.8) is 0 Å². The molecule has 1 aliphatic rings. The number of aliphatic carboxylic acids is 1. The predicted octanol–water partition coefficient (Wildman–Crippen LogP) is 5.16. The van der Waals surface area contributed by atoms with Crippen molar-refractivity contribution >= 4 is 28.3 Å². The van der Waals surface area contributed by atoms with Crippen LogP contribution in [0, 0.1) is 5.82 Å². The van der Waals surface area contributed by atoms with Crippen molar-refractivity contribution in [1.82, 2.24) is 0 Å². The van der Waals surface area contributed by atoms with Gasteiger partial charge in [0.15, 0.2) is 0 Å². The fraction of sp³-hybridized carbons (Fsp3) is 0.250. The molecular weight excluding hydrogens is 439 g/mol. The second-order valence-electron chi connectivity index (χ2n) is 7.52. The Hall–Kier alpha value is -3.75. The van der Waals surface area contributed by atoms with Gasteiger partial charge in [-0.05, 0) is 24.1 Å². The quantitative estimate of drug-likeness (QED) is 0.504. The maximum absolute atomic E-state index is 14.5. The van der Waals surface area contributed by atoms with E-state index in [1.807, 2.05) is 6.92 Å². The number of ether oxygens (including phenoxy) is 2. The Balaban J connectivity index is 1.86. The summed E-state index contributed by atoms with van der Waals surface area (Å²) in [5.74, 6) is -2.39. The zero-order chi connectivity index (χ0) is 23.7. The number of halogens is 3. The third kappa shape index (κ3) is 4.18. The SMILES string of the molecule is CCCOc1c2c(c(OC(F)F)c3ccccc13)CN(c1ccc(CC(=O)O)c(F)c1)C2=O. The molecule has 0 saturated carbocycles. The average Bonchev–Trinajstić information content (AvgIpc) is 3.11. The minimum Gasteiger partial charge on any atom is -0.492 e. The van der Waals surface area contributed by atoms with Crippen LogP contribution in [0.25, 0.3) is 10.8 Å². The van der Waals surface area contributed by atoms with Crippen molar-refractivity contribution in [1.29, 1.82) is 0 Å². The van der Waals surface area contributed by atoms with Gasteiger partial charge in [0.25, 0.3) is 5.91 Å². The molecule has 1 heterocycles. The van der Waals surface area contributed by atoms with Gasteiger partial charge >= 0.3 is 12.6 Å². The maximum Gasteiger partial charge on any atom is 0.387 e. The van der Waals surface area contributed by atoms with Crippen LogP contribution in [0.4, 0.5) is 18.9 Å². The van der Waals surface area contributed by atoms with E-state index in [-0.39, 0.29) is 40.4 Å². The van der Waals surface area contributed by atoms with Gasteiger partial charge in [-0.2, -0.15) is 8.78 Å². The lowest BCUT2D eigenvalue weighted by Crippen LogP contribution is -2.23. The first-order chi connectivity index (χ1) is 15.8. The molecule has 3 aromatic rings. The van der Waals surface area contributed by atoms with Gasteiger partial charge in [-0.3, -0.25) is 9.59 Å². The van der Waals surface area contributed by atoms with Crippen LogP contribution in [0.1, 0.15) is 34.8 Å². The molecule has 9 heteroatoms. The van der Waals surface area contributed by atoms with E-state index in [4.69, 9.17) is 14.6 Å². The monoisotopic (exact) mass is 459 g/mol. The van der Waals surface area contributed by atoms with Crippen LogP contribution in [0.5, 0.6) is 11.5 Å². The van der Waals surface area contributed by atoms with Crippen LogP contribution >= 0.6 is 0 Å². The van der Waals surface area contributed by atoms with Gasteiger partial charge in [-0.15, -0.1) is 0 Å². The number of rotatable bonds is 8. The molecule has 0 aliphatic carbocycles. The van der Waals surface area contributed by atoms with Gasteiger partial charge in [0, 0.05) is 22.0 Å². The summed E-state index contributed by atoms with van der Waals surface area (Å²) >= 11 is 0. The molecule has 4 rings (SSSR count). The molecule has 1 N–H and O–H groups in total. The number of carbonyl (C=O) groups excluding carboxylic acids is 1. The second kappa shape index (κ2) is 9.01. The van der Waals surface area contributed by atoms with E-state index in [0.29, 0.717) is 23.8 Å². The number of hydrogen-bond donors (Lipinski definition) is 1. The summed E-state index contributed by atoms with van der Waals surface area (Å²) in [4.78, 5) is 25.6. The van der Waals surface area contributed by atoms with E-state index in [1.165, 1.54) is 17.0 Å². The zero-order valence-electron chi connectivity index (χ0n) is 17.6. The second-order valence-corrected chi connectivity index (χ2v) is 7.52. The first kappa shape index (κ1) is 22.4. The standard InChI is InChI=1S/C24H20F3NO5/c1-2-9-32-22-16-6-4-3-5-15(16)21(33-24(26)27)17-12-28(23(31)20(17)22)14-8-7-13(10-19(29)30)18(25)11-14/h3-8,11,24H,2,9-10,12H2,1H3,(H,29,30). The van der Waals surface area contributed by atoms with Crippen molar-refractivity contribution in [3.05, 3.63) is 65.0 Å². The number of carboxylic acids is 1. The van der Waals surface area contributed by atoms with Crippen molar-refractivity contribution in [2.75, 3.05) is 11.5 Å². The number of carbonyl (C=O) groups is 2. The van der Waals surface area contributed by atoms with Crippen molar-refractivity contribution in [2.24, 2.45) is 0 Å². The minimum absolute atomic E-state index is 0.0326. The van der Waals surface area contributed by atoms with Gasteiger partial charge < -0.3 is 19.5 Å². The summed E-state index contributed by atoms with van der Waals surface area (Å²) < 4.78 is 51.8. The van der Waals surface area contributed by atoms with Crippen LogP contribution < -0.4 is 14.4 Å². The van der Waals surface area contributed by atoms with Crippen LogP contribution in [0.15, 0.2) is 42.5 Å². The van der Waals surface area contributed by atoms with Gasteiger partial charge in [0.2, 0.25) is 0 Å². The molecule has 1 amide bonds. The molecule has 172 valence electrons. The molecule has 3 aromatic carbocycles. The van der Waals surface area contributed by atoms with Gasteiger partial charge in [0.1, 0.15) is 17.3 Å². The molecule has 0 spiro atoms. The Morgan fingerprint density at radius 2 is 1.85 bits per heavy atom. The van der Waals surface area contributed by atoms with E-state index in [9.17, 15) is 22.8 Å². The summed E-state index contributed by atoms with van der Waals surface area (Å²) in [6.45, 7) is -1.05. The lowest BCUT2D eigenvalue weighted by molar-refractivity contribution is -0.136. The molecule has 0 fully saturated rings. The Morgan fingerprint density at radius 3 is 2.45 bits per heavy atom. The Labute approximate surface area is 187 Å². The number of anilines is 1. The van der Waals surface area contributed by atoms with Crippen molar-refractivity contribution in [3.8, 4) is 11.5 Å². The van der Waals surface area contributed by atoms with Crippen molar-refractivity contribution < 1.29 is 37.3 Å². The highest BCUT2D eigenvalue weighted by Crippen LogP contribution is 2.46. The van der Waals surface area contributed by atoms with Crippen LogP contribution in [-0.2, 0) is 17.8 Å². The van der Waals surface area contributed by atoms with Crippen LogP contribution in [0.2, 0.25) is 0 Å². The molecule has 0 saturated heterocycles. The summed E-state index contributed by atoms with van der Waals surface area (Å²) in [7, 11) is 0. The number of nitrogens with zero attached hydrogens (tertiary/aromatic N) is 1. The summed E-state index contributed by atoms with van der Waals surface area (Å²) in [5, 5.41) is 9.74. The molecule has 0 atom stereocenters. The lowest BCUT2D eigenvalue weighted by atomic mass is 9.99. The number of hydrogen-bond acceptors (Lipinski definition) is 4. The molecule has 0 unspecified atom stereocenters. The first-order valence-corrected chi connectivity index (χ1v) is 10.3. The summed E-state index contributed by atoms with van der Waals surface area (Å²) in [5.41, 5.74) is 0.444. The molecular formula is C24H20F3NO5. The first-order valence-electron chi connectivity index (χ1n) is 10.3. The Bertz CT molecular complexity index is 1240. The molecule has 6 nitrogen and oxygen atoms in total. The molecule has 0 radical (unpaired) electrons.